The molecule has 0 unspecified atom stereocenters. The molecule has 0 radical (unpaired) electrons. The molecular formula is C61H86F8N4O15S2. The summed E-state index contributed by atoms with van der Waals surface area (Å²) in [5.41, 5.74) is -16.0. The van der Waals surface area contributed by atoms with Crippen molar-refractivity contribution in [3.05, 3.63) is 59.7 Å². The number of hydrogen-bond donors (Lipinski definition) is 1. The number of halogens is 8. The van der Waals surface area contributed by atoms with Crippen LogP contribution in [0.3, 0.4) is 0 Å². The Morgan fingerprint density at radius 2 is 0.722 bits per heavy atom. The predicted octanol–water partition coefficient (Wildman–Crippen LogP) is 11.3. The second kappa shape index (κ2) is 31.8. The predicted molar refractivity (Wildman–Crippen MR) is 318 cm³/mol. The van der Waals surface area contributed by atoms with Crippen LogP contribution in [0.2, 0.25) is 0 Å². The second-order valence-electron chi connectivity index (χ2n) is 26.5. The molecular weight excluding hydrogens is 1240 g/mol. The normalized spacial score (nSPS) is 15.3. The quantitative estimate of drug-likeness (QED) is 0.0361. The Morgan fingerprint density at radius 1 is 0.433 bits per heavy atom. The standard InChI is InChI=1S/C61H86F8N4O15S2/c1-34(46(74)71(17)43(33-59(14,15)63)53(82)87-45(49(77)78)29-37-22-26-39(27-23-37)90-61(67,68)69)84-50(79)40(30-55(3,4)5)72(18)48(76)44(28-36-20-24-38(25-21-36)89-60(64,65)66)86-52(81)42(32-58(12,13)62)70(16)47(75)35(2)85-51(80)41(31-56(6,7)8)73(19)54(83)88-57(9,10)11/h20-27,34-35,40-45H,28-33H2,1-19H3,(H,77,78)/t34-,35-,40+,41+,42+,43+,44-,45-/m1/s1. The number of thioether (sulfide) groups is 2. The fraction of sp³-hybridized carbons (Fsp3) is 0.656. The number of esters is 4. The van der Waals surface area contributed by atoms with Crippen LogP contribution in [0.4, 0.5) is 39.9 Å². The summed E-state index contributed by atoms with van der Waals surface area (Å²) in [4.78, 5) is 128. The van der Waals surface area contributed by atoms with Gasteiger partial charge in [-0.2, -0.15) is 26.3 Å². The summed E-state index contributed by atoms with van der Waals surface area (Å²) in [7, 11) is 4.50. The number of rotatable bonds is 28. The van der Waals surface area contributed by atoms with Gasteiger partial charge in [0.25, 0.3) is 17.7 Å². The van der Waals surface area contributed by atoms with Crippen LogP contribution < -0.4 is 0 Å². The lowest BCUT2D eigenvalue weighted by Crippen LogP contribution is -2.54. The van der Waals surface area contributed by atoms with Gasteiger partial charge in [-0.15, -0.1) is 0 Å². The zero-order valence-electron chi connectivity index (χ0n) is 54.3. The van der Waals surface area contributed by atoms with E-state index in [4.69, 9.17) is 23.7 Å². The van der Waals surface area contributed by atoms with Crippen LogP contribution in [0.5, 0.6) is 0 Å². The summed E-state index contributed by atoms with van der Waals surface area (Å²) in [6.07, 6.45) is -11.4. The van der Waals surface area contributed by atoms with Crippen LogP contribution >= 0.6 is 23.5 Å². The zero-order valence-corrected chi connectivity index (χ0v) is 55.9. The SMILES string of the molecule is C[C@@H](OC(=O)[C@H](CC(C)(C)C)N(C)C(=O)OC(C)(C)C)C(=O)N(C)[C@@H](CC(C)(C)F)C(=O)O[C@H](Cc1ccc(SC(F)(F)F)cc1)C(=O)N(C)[C@@H](CC(C)(C)C)C(=O)O[C@H](C)C(=O)N(C)[C@@H](CC(C)(C)F)C(=O)O[C@H](Cc1ccc(SC(F)(F)F)cc1)C(=O)O. The molecule has 2 aromatic carbocycles. The van der Waals surface area contributed by atoms with Crippen LogP contribution in [0.1, 0.15) is 141 Å². The van der Waals surface area contributed by atoms with E-state index in [0.29, 0.717) is 4.90 Å². The van der Waals surface area contributed by atoms with Crippen LogP contribution in [0.25, 0.3) is 0 Å². The fourth-order valence-corrected chi connectivity index (χ4v) is 9.88. The first kappa shape index (κ1) is 79.7. The molecule has 0 saturated heterocycles. The smallest absolute Gasteiger partial charge is 0.446 e. The summed E-state index contributed by atoms with van der Waals surface area (Å²) in [5, 5.41) is 10.0. The van der Waals surface area contributed by atoms with Crippen LogP contribution in [0.15, 0.2) is 58.3 Å². The average molecular weight is 1330 g/mol. The molecule has 0 bridgehead atoms. The maximum atomic E-state index is 15.8. The minimum atomic E-state index is -4.69. The Bertz CT molecular complexity index is 2810. The van der Waals surface area contributed by atoms with Gasteiger partial charge in [0.05, 0.1) is 0 Å². The fourth-order valence-electron chi connectivity index (χ4n) is 8.80. The maximum Gasteiger partial charge on any atom is 0.446 e. The molecule has 8 atom stereocenters. The van der Waals surface area contributed by atoms with Gasteiger partial charge in [-0.1, -0.05) is 65.8 Å². The highest BCUT2D eigenvalue weighted by atomic mass is 32.2. The van der Waals surface area contributed by atoms with Crippen molar-refractivity contribution in [3.8, 4) is 0 Å². The van der Waals surface area contributed by atoms with E-state index in [0.717, 1.165) is 94.7 Å². The Labute approximate surface area is 529 Å². The van der Waals surface area contributed by atoms with Crippen LogP contribution in [-0.2, 0) is 74.9 Å². The number of ether oxygens (including phenoxy) is 5. The maximum absolute atomic E-state index is 15.8. The average Bonchev–Trinajstić information content (AvgIpc) is 0.921. The first-order chi connectivity index (χ1) is 40.6. The van der Waals surface area contributed by atoms with Gasteiger partial charge in [0.2, 0.25) is 6.10 Å². The Kier molecular flexibility index (Phi) is 28.1. The monoisotopic (exact) mass is 1330 g/mol. The van der Waals surface area contributed by atoms with E-state index in [1.165, 1.54) is 38.2 Å². The second-order valence-corrected chi connectivity index (χ2v) is 28.8. The number of hydrogen-bond acceptors (Lipinski definition) is 16. The molecule has 0 fully saturated rings. The topological polar surface area (TPSA) is 233 Å². The molecule has 90 heavy (non-hydrogen) atoms. The molecule has 2 rings (SSSR count). The van der Waals surface area contributed by atoms with E-state index in [1.807, 2.05) is 0 Å². The van der Waals surface area contributed by atoms with E-state index >= 15 is 8.78 Å². The molecule has 508 valence electrons. The van der Waals surface area contributed by atoms with Crippen LogP contribution in [-0.4, -0.2) is 183 Å². The molecule has 0 spiro atoms. The lowest BCUT2D eigenvalue weighted by atomic mass is 9.87. The molecule has 19 nitrogen and oxygen atoms in total. The van der Waals surface area contributed by atoms with Gasteiger partial charge in [-0.05, 0) is 145 Å². The van der Waals surface area contributed by atoms with Crippen molar-refractivity contribution in [2.75, 3.05) is 28.2 Å². The highest BCUT2D eigenvalue weighted by Crippen LogP contribution is 2.38. The van der Waals surface area contributed by atoms with E-state index in [2.05, 4.69) is 0 Å². The minimum absolute atomic E-state index is 0.0283. The van der Waals surface area contributed by atoms with E-state index in [9.17, 15) is 74.6 Å². The first-order valence-corrected chi connectivity index (χ1v) is 30.1. The van der Waals surface area contributed by atoms with Gasteiger partial charge in [0.15, 0.2) is 18.3 Å². The Balaban J connectivity index is 2.64. The number of amides is 4. The van der Waals surface area contributed by atoms with Crippen molar-refractivity contribution >= 4 is 77.2 Å². The molecule has 0 aliphatic carbocycles. The summed E-state index contributed by atoms with van der Waals surface area (Å²) < 4.78 is 138. The van der Waals surface area contributed by atoms with E-state index in [-0.39, 0.29) is 33.8 Å². The third-order valence-corrected chi connectivity index (χ3v) is 14.6. The number of carboxylic acids is 1. The molecule has 2 aromatic rings. The van der Waals surface area contributed by atoms with E-state index < -0.39 is 190 Å². The molecule has 0 aliphatic heterocycles. The summed E-state index contributed by atoms with van der Waals surface area (Å²) >= 11 is -0.862. The van der Waals surface area contributed by atoms with Crippen molar-refractivity contribution in [1.82, 2.24) is 19.6 Å². The van der Waals surface area contributed by atoms with Gasteiger partial charge >= 0.3 is 47.0 Å². The van der Waals surface area contributed by atoms with Gasteiger partial charge in [-0.25, -0.2) is 37.5 Å². The number of nitrogens with zero attached hydrogens (tertiary/aromatic N) is 4. The Hall–Kier alpha value is -6.39. The Morgan fingerprint density at radius 3 is 1.02 bits per heavy atom. The first-order valence-electron chi connectivity index (χ1n) is 28.5. The number of carboxylic acid groups (broad SMARTS) is 1. The van der Waals surface area contributed by atoms with Crippen LogP contribution in [0, 0.1) is 10.8 Å². The number of aliphatic carboxylic acids is 1. The van der Waals surface area contributed by atoms with E-state index in [1.54, 1.807) is 62.3 Å². The number of carbonyl (C=O) groups is 9. The van der Waals surface area contributed by atoms with Crippen molar-refractivity contribution in [2.45, 2.75) is 229 Å². The molecule has 0 saturated carbocycles. The molecule has 1 N–H and O–H groups in total. The minimum Gasteiger partial charge on any atom is -0.478 e. The number of alkyl halides is 8. The van der Waals surface area contributed by atoms with Crippen molar-refractivity contribution in [2.24, 2.45) is 10.8 Å². The lowest BCUT2D eigenvalue weighted by molar-refractivity contribution is -0.175. The molecule has 29 heteroatoms. The largest absolute Gasteiger partial charge is 0.478 e. The highest BCUT2D eigenvalue weighted by Gasteiger charge is 2.45. The summed E-state index contributed by atoms with van der Waals surface area (Å²) in [5.74, 6) is -10.2. The van der Waals surface area contributed by atoms with Gasteiger partial charge in [-0.3, -0.25) is 19.3 Å². The summed E-state index contributed by atoms with van der Waals surface area (Å²) in [6, 6.07) is 2.29. The molecule has 4 amide bonds. The third kappa shape index (κ3) is 28.4. The molecule has 0 aliphatic rings. The van der Waals surface area contributed by atoms with Gasteiger partial charge in [0.1, 0.15) is 41.1 Å². The van der Waals surface area contributed by atoms with Gasteiger partial charge in [0, 0.05) is 63.7 Å². The number of benzene rings is 2. The van der Waals surface area contributed by atoms with Gasteiger partial charge < -0.3 is 43.5 Å². The van der Waals surface area contributed by atoms with Crippen molar-refractivity contribution in [3.63, 3.8) is 0 Å². The van der Waals surface area contributed by atoms with Crippen molar-refractivity contribution in [1.29, 1.82) is 0 Å². The number of carbonyl (C=O) groups excluding carboxylic acids is 8. The zero-order chi connectivity index (χ0) is 69.8. The lowest BCUT2D eigenvalue weighted by Gasteiger charge is -2.36. The highest BCUT2D eigenvalue weighted by molar-refractivity contribution is 8.00. The molecule has 0 aromatic heterocycles. The number of likely N-dealkylation sites (N-methyl/N-ethyl adjacent to an activating group) is 4. The molecule has 0 heterocycles. The third-order valence-electron chi connectivity index (χ3n) is 13.2. The van der Waals surface area contributed by atoms with Crippen molar-refractivity contribution < 1.29 is 107 Å². The summed E-state index contributed by atoms with van der Waals surface area (Å²) in [6.45, 7) is 21.7.